The van der Waals surface area contributed by atoms with Crippen LogP contribution in [0.25, 0.3) is 0 Å². The highest BCUT2D eigenvalue weighted by Gasteiger charge is 2.43. The average Bonchev–Trinajstić information content (AvgIpc) is 2.84. The summed E-state index contributed by atoms with van der Waals surface area (Å²) in [6.07, 6.45) is 2.33. The van der Waals surface area contributed by atoms with Crippen molar-refractivity contribution < 1.29 is 14.3 Å². The van der Waals surface area contributed by atoms with Gasteiger partial charge in [-0.1, -0.05) is 23.7 Å². The molecule has 1 aromatic rings. The van der Waals surface area contributed by atoms with Crippen molar-refractivity contribution in [2.75, 3.05) is 0 Å². The van der Waals surface area contributed by atoms with Gasteiger partial charge in [0.05, 0.1) is 18.1 Å². The molecule has 0 spiro atoms. The smallest absolute Gasteiger partial charge is 0.234 e. The fraction of sp³-hybridized carbons (Fsp3) is 0.500. The maximum absolute atomic E-state index is 12.3. The normalized spacial score (nSPS) is 33.0. The first-order chi connectivity index (χ1) is 10.0. The molecule has 4 unspecified atom stereocenters. The first-order valence-corrected chi connectivity index (χ1v) is 7.67. The molecule has 1 aromatic carbocycles. The van der Waals surface area contributed by atoms with Crippen LogP contribution in [0.1, 0.15) is 37.7 Å². The number of hydrogen-bond acceptors (Lipinski definition) is 3. The lowest BCUT2D eigenvalue weighted by Gasteiger charge is -2.34. The van der Waals surface area contributed by atoms with E-state index in [4.69, 9.17) is 16.3 Å². The molecule has 1 N–H and O–H groups in total. The Labute approximate surface area is 128 Å². The predicted molar refractivity (Wildman–Crippen MR) is 79.0 cm³/mol. The van der Waals surface area contributed by atoms with E-state index in [1.807, 2.05) is 19.1 Å². The third kappa shape index (κ3) is 2.97. The maximum atomic E-state index is 12.3. The van der Waals surface area contributed by atoms with Crippen LogP contribution in [0.2, 0.25) is 5.02 Å². The van der Waals surface area contributed by atoms with Gasteiger partial charge in [0, 0.05) is 17.4 Å². The fourth-order valence-electron chi connectivity index (χ4n) is 3.39. The van der Waals surface area contributed by atoms with Gasteiger partial charge >= 0.3 is 0 Å². The molecule has 0 radical (unpaired) electrons. The molecule has 2 amide bonds. The van der Waals surface area contributed by atoms with Gasteiger partial charge in [-0.2, -0.15) is 0 Å². The van der Waals surface area contributed by atoms with E-state index in [1.54, 1.807) is 12.1 Å². The molecule has 112 valence electrons. The maximum Gasteiger partial charge on any atom is 0.234 e. The Hall–Kier alpha value is -1.39. The van der Waals surface area contributed by atoms with Gasteiger partial charge in [0.1, 0.15) is 0 Å². The summed E-state index contributed by atoms with van der Waals surface area (Å²) in [6, 6.07) is 7.29. The molecule has 2 aliphatic rings. The molecule has 2 fully saturated rings. The average molecular weight is 308 g/mol. The van der Waals surface area contributed by atoms with Crippen molar-refractivity contribution in [1.82, 2.24) is 5.32 Å². The Kier molecular flexibility index (Phi) is 4.00. The van der Waals surface area contributed by atoms with Crippen LogP contribution in [0.5, 0.6) is 0 Å². The minimum atomic E-state index is -0.378. The van der Waals surface area contributed by atoms with Gasteiger partial charge in [0.25, 0.3) is 0 Å². The van der Waals surface area contributed by atoms with Crippen LogP contribution >= 0.6 is 11.6 Å². The topological polar surface area (TPSA) is 55.4 Å². The molecule has 2 aliphatic heterocycles. The molecule has 3 rings (SSSR count). The second kappa shape index (κ2) is 5.78. The van der Waals surface area contributed by atoms with E-state index in [0.29, 0.717) is 11.4 Å². The molecule has 0 aromatic heterocycles. The van der Waals surface area contributed by atoms with Gasteiger partial charge in [0.2, 0.25) is 11.8 Å². The largest absolute Gasteiger partial charge is 0.375 e. The van der Waals surface area contributed by atoms with E-state index >= 15 is 0 Å². The molecule has 21 heavy (non-hydrogen) atoms. The van der Waals surface area contributed by atoms with Crippen LogP contribution in [-0.4, -0.2) is 24.0 Å². The number of ether oxygens (including phenoxy) is 1. The number of nitrogens with one attached hydrogen (secondary N) is 1. The summed E-state index contributed by atoms with van der Waals surface area (Å²) in [7, 11) is 0. The summed E-state index contributed by atoms with van der Waals surface area (Å²) < 4.78 is 5.91. The molecule has 5 heteroatoms. The SMILES string of the molecule is CC1CCC(C2CC(=O)NC(=O)C2c2cccc(Cl)c2)O1. The fourth-order valence-corrected chi connectivity index (χ4v) is 3.58. The lowest BCUT2D eigenvalue weighted by Crippen LogP contribution is -2.48. The Balaban J connectivity index is 1.93. The monoisotopic (exact) mass is 307 g/mol. The van der Waals surface area contributed by atoms with E-state index in [2.05, 4.69) is 5.32 Å². The highest BCUT2D eigenvalue weighted by atomic mass is 35.5. The highest BCUT2D eigenvalue weighted by Crippen LogP contribution is 2.39. The van der Waals surface area contributed by atoms with Crippen LogP contribution in [0, 0.1) is 5.92 Å². The zero-order chi connectivity index (χ0) is 15.0. The summed E-state index contributed by atoms with van der Waals surface area (Å²) in [5.41, 5.74) is 0.848. The lowest BCUT2D eigenvalue weighted by molar-refractivity contribution is -0.139. The third-order valence-corrected chi connectivity index (χ3v) is 4.58. The van der Waals surface area contributed by atoms with Gasteiger partial charge in [-0.3, -0.25) is 14.9 Å². The first kappa shape index (κ1) is 14.5. The highest BCUT2D eigenvalue weighted by molar-refractivity contribution is 6.30. The Morgan fingerprint density at radius 3 is 2.76 bits per heavy atom. The summed E-state index contributed by atoms with van der Waals surface area (Å²) in [4.78, 5) is 24.1. The number of hydrogen-bond donors (Lipinski definition) is 1. The van der Waals surface area contributed by atoms with Crippen molar-refractivity contribution in [2.24, 2.45) is 5.92 Å². The van der Waals surface area contributed by atoms with Crippen molar-refractivity contribution in [3.05, 3.63) is 34.9 Å². The van der Waals surface area contributed by atoms with Gasteiger partial charge in [-0.05, 0) is 37.5 Å². The standard InChI is InChI=1S/C16H18ClNO3/c1-9-5-6-13(21-9)12-8-14(19)18-16(20)15(12)10-3-2-4-11(17)7-10/h2-4,7,9,12-13,15H,5-6,8H2,1H3,(H,18,19,20). The molecule has 0 aliphatic carbocycles. The summed E-state index contributed by atoms with van der Waals surface area (Å²) in [5, 5.41) is 3.03. The Morgan fingerprint density at radius 2 is 2.10 bits per heavy atom. The zero-order valence-electron chi connectivity index (χ0n) is 11.8. The molecule has 0 saturated carbocycles. The number of halogens is 1. The van der Waals surface area contributed by atoms with E-state index < -0.39 is 0 Å². The molecule has 0 bridgehead atoms. The number of imide groups is 1. The van der Waals surface area contributed by atoms with Crippen LogP contribution in [0.3, 0.4) is 0 Å². The zero-order valence-corrected chi connectivity index (χ0v) is 12.6. The quantitative estimate of drug-likeness (QED) is 0.855. The van der Waals surface area contributed by atoms with Crippen LogP contribution < -0.4 is 5.32 Å². The summed E-state index contributed by atoms with van der Waals surface area (Å²) in [6.45, 7) is 2.03. The van der Waals surface area contributed by atoms with Crippen LogP contribution in [0.15, 0.2) is 24.3 Å². The number of amides is 2. The predicted octanol–water partition coefficient (Wildman–Crippen LogP) is 2.65. The minimum Gasteiger partial charge on any atom is -0.375 e. The van der Waals surface area contributed by atoms with Crippen molar-refractivity contribution in [1.29, 1.82) is 0 Å². The van der Waals surface area contributed by atoms with Crippen molar-refractivity contribution in [2.45, 2.75) is 44.3 Å². The number of carbonyl (C=O) groups excluding carboxylic acids is 2. The summed E-state index contributed by atoms with van der Waals surface area (Å²) in [5.74, 6) is -0.959. The number of rotatable bonds is 2. The molecule has 2 saturated heterocycles. The number of benzene rings is 1. The van der Waals surface area contributed by atoms with Crippen LogP contribution in [-0.2, 0) is 14.3 Å². The molecule has 4 nitrogen and oxygen atoms in total. The van der Waals surface area contributed by atoms with Gasteiger partial charge in [0.15, 0.2) is 0 Å². The van der Waals surface area contributed by atoms with E-state index in [1.165, 1.54) is 0 Å². The van der Waals surface area contributed by atoms with Crippen molar-refractivity contribution in [3.63, 3.8) is 0 Å². The van der Waals surface area contributed by atoms with E-state index in [9.17, 15) is 9.59 Å². The Bertz CT molecular complexity index is 574. The second-order valence-electron chi connectivity index (χ2n) is 5.88. The van der Waals surface area contributed by atoms with Crippen molar-refractivity contribution in [3.8, 4) is 0 Å². The van der Waals surface area contributed by atoms with Gasteiger partial charge in [-0.25, -0.2) is 0 Å². The molecular weight excluding hydrogens is 290 g/mol. The second-order valence-corrected chi connectivity index (χ2v) is 6.31. The van der Waals surface area contributed by atoms with Crippen molar-refractivity contribution >= 4 is 23.4 Å². The molecule has 4 atom stereocenters. The van der Waals surface area contributed by atoms with Crippen LogP contribution in [0.4, 0.5) is 0 Å². The first-order valence-electron chi connectivity index (χ1n) is 7.29. The number of piperidine rings is 1. The van der Waals surface area contributed by atoms with Gasteiger partial charge < -0.3 is 4.74 Å². The van der Waals surface area contributed by atoms with Gasteiger partial charge in [-0.15, -0.1) is 0 Å². The Morgan fingerprint density at radius 1 is 1.29 bits per heavy atom. The number of carbonyl (C=O) groups is 2. The summed E-state index contributed by atoms with van der Waals surface area (Å²) >= 11 is 6.04. The minimum absolute atomic E-state index is 0.0426. The van der Waals surface area contributed by atoms with E-state index in [0.717, 1.165) is 18.4 Å². The third-order valence-electron chi connectivity index (χ3n) is 4.34. The van der Waals surface area contributed by atoms with E-state index in [-0.39, 0.29) is 35.9 Å². The molecule has 2 heterocycles. The lowest BCUT2D eigenvalue weighted by atomic mass is 9.76. The molecular formula is C16H18ClNO3.